The molecule has 0 saturated heterocycles. The molecule has 3 aromatic rings. The van der Waals surface area contributed by atoms with Gasteiger partial charge in [-0.2, -0.15) is 5.10 Å². The minimum Gasteiger partial charge on any atom is -0.369 e. The third-order valence-electron chi connectivity index (χ3n) is 2.84. The summed E-state index contributed by atoms with van der Waals surface area (Å²) in [7, 11) is 0. The van der Waals surface area contributed by atoms with Crippen LogP contribution in [0.2, 0.25) is 0 Å². The summed E-state index contributed by atoms with van der Waals surface area (Å²) in [4.78, 5) is 8.94. The molecule has 0 bridgehead atoms. The van der Waals surface area contributed by atoms with Crippen molar-refractivity contribution in [2.24, 2.45) is 0 Å². The maximum Gasteiger partial charge on any atom is 0.199 e. The Balaban J connectivity index is 2.12. The van der Waals surface area contributed by atoms with E-state index in [1.165, 1.54) is 0 Å². The maximum atomic E-state index is 4.60. The Morgan fingerprint density at radius 1 is 1.32 bits per heavy atom. The number of fused-ring (bicyclic) bond motifs is 1. The standard InChI is InChI=1S/C13H16N6/c1-3-4-14-11-9-18-6-5-15-12(18)13(17-11)19-8-10(2)7-16-19/h5-9,14H,3-4H2,1-2H3. The number of rotatable bonds is 4. The van der Waals surface area contributed by atoms with E-state index in [0.29, 0.717) is 0 Å². The van der Waals surface area contributed by atoms with Crippen molar-refractivity contribution in [3.8, 4) is 5.82 Å². The molecular formula is C13H16N6. The van der Waals surface area contributed by atoms with Crippen LogP contribution in [0.3, 0.4) is 0 Å². The fraction of sp³-hybridized carbons (Fsp3) is 0.308. The van der Waals surface area contributed by atoms with Crippen molar-refractivity contribution < 1.29 is 0 Å². The normalized spacial score (nSPS) is 11.1. The quantitative estimate of drug-likeness (QED) is 0.776. The van der Waals surface area contributed by atoms with Crippen molar-refractivity contribution in [3.05, 3.63) is 36.5 Å². The number of anilines is 1. The molecule has 0 atom stereocenters. The average molecular weight is 256 g/mol. The Morgan fingerprint density at radius 2 is 2.21 bits per heavy atom. The summed E-state index contributed by atoms with van der Waals surface area (Å²) in [6.45, 7) is 5.02. The first-order chi connectivity index (χ1) is 9.28. The predicted octanol–water partition coefficient (Wildman–Crippen LogP) is 2.05. The number of imidazole rings is 1. The second-order valence-electron chi connectivity index (χ2n) is 4.50. The third kappa shape index (κ3) is 2.16. The molecule has 0 aliphatic rings. The zero-order valence-electron chi connectivity index (χ0n) is 11.0. The van der Waals surface area contributed by atoms with Gasteiger partial charge in [0.1, 0.15) is 5.82 Å². The highest BCUT2D eigenvalue weighted by Crippen LogP contribution is 2.15. The van der Waals surface area contributed by atoms with Crippen molar-refractivity contribution in [2.45, 2.75) is 20.3 Å². The molecule has 6 heteroatoms. The second kappa shape index (κ2) is 4.72. The molecule has 6 nitrogen and oxygen atoms in total. The number of hydrogen-bond acceptors (Lipinski definition) is 4. The zero-order chi connectivity index (χ0) is 13.2. The molecule has 98 valence electrons. The van der Waals surface area contributed by atoms with Crippen LogP contribution in [0, 0.1) is 6.92 Å². The van der Waals surface area contributed by atoms with Crippen LogP contribution in [-0.2, 0) is 0 Å². The lowest BCUT2D eigenvalue weighted by Gasteiger charge is -2.08. The molecule has 3 heterocycles. The first-order valence-corrected chi connectivity index (χ1v) is 6.37. The van der Waals surface area contributed by atoms with Crippen molar-refractivity contribution in [3.63, 3.8) is 0 Å². The molecule has 0 aliphatic carbocycles. The van der Waals surface area contributed by atoms with Gasteiger partial charge < -0.3 is 9.72 Å². The molecule has 0 fully saturated rings. The van der Waals surface area contributed by atoms with Crippen LogP contribution >= 0.6 is 0 Å². The summed E-state index contributed by atoms with van der Waals surface area (Å²) < 4.78 is 3.71. The zero-order valence-corrected chi connectivity index (χ0v) is 11.0. The number of hydrogen-bond donors (Lipinski definition) is 1. The fourth-order valence-electron chi connectivity index (χ4n) is 1.94. The van der Waals surface area contributed by atoms with Crippen LogP contribution in [0.4, 0.5) is 5.82 Å². The van der Waals surface area contributed by atoms with Crippen molar-refractivity contribution in [1.29, 1.82) is 0 Å². The predicted molar refractivity (Wildman–Crippen MR) is 73.6 cm³/mol. The van der Waals surface area contributed by atoms with E-state index in [2.05, 4.69) is 27.3 Å². The first kappa shape index (κ1) is 11.7. The van der Waals surface area contributed by atoms with Crippen LogP contribution in [-0.4, -0.2) is 30.7 Å². The highest BCUT2D eigenvalue weighted by atomic mass is 15.3. The first-order valence-electron chi connectivity index (χ1n) is 6.37. The van der Waals surface area contributed by atoms with Gasteiger partial charge in [0.2, 0.25) is 0 Å². The van der Waals surface area contributed by atoms with Gasteiger partial charge in [0.25, 0.3) is 0 Å². The molecule has 3 aromatic heterocycles. The van der Waals surface area contributed by atoms with Crippen molar-refractivity contribution >= 4 is 11.5 Å². The van der Waals surface area contributed by atoms with Crippen LogP contribution in [0.15, 0.2) is 31.0 Å². The number of nitrogens with zero attached hydrogens (tertiary/aromatic N) is 5. The molecule has 0 spiro atoms. The minimum atomic E-state index is 0.735. The van der Waals surface area contributed by atoms with Crippen molar-refractivity contribution in [1.82, 2.24) is 24.1 Å². The summed E-state index contributed by atoms with van der Waals surface area (Å²) in [6, 6.07) is 0. The summed E-state index contributed by atoms with van der Waals surface area (Å²) in [5, 5.41) is 7.60. The Morgan fingerprint density at radius 3 is 2.95 bits per heavy atom. The molecular weight excluding hydrogens is 240 g/mol. The van der Waals surface area contributed by atoms with E-state index in [-0.39, 0.29) is 0 Å². The number of aromatic nitrogens is 5. The Kier molecular flexibility index (Phi) is 2.91. The van der Waals surface area contributed by atoms with Crippen LogP contribution in [0.5, 0.6) is 0 Å². The second-order valence-corrected chi connectivity index (χ2v) is 4.50. The summed E-state index contributed by atoms with van der Waals surface area (Å²) in [6.07, 6.45) is 10.4. The molecule has 0 radical (unpaired) electrons. The monoisotopic (exact) mass is 256 g/mol. The molecule has 1 N–H and O–H groups in total. The van der Waals surface area contributed by atoms with Gasteiger partial charge in [0, 0.05) is 25.1 Å². The SMILES string of the molecule is CCCNc1cn2ccnc2c(-n2cc(C)cn2)n1. The van der Waals surface area contributed by atoms with E-state index in [9.17, 15) is 0 Å². The number of aryl methyl sites for hydroxylation is 1. The lowest BCUT2D eigenvalue weighted by molar-refractivity contribution is 0.839. The van der Waals surface area contributed by atoms with E-state index in [0.717, 1.165) is 35.8 Å². The topological polar surface area (TPSA) is 60.0 Å². The lowest BCUT2D eigenvalue weighted by Crippen LogP contribution is -2.08. The maximum absolute atomic E-state index is 4.60. The largest absolute Gasteiger partial charge is 0.369 e. The van der Waals surface area contributed by atoms with E-state index in [4.69, 9.17) is 0 Å². The van der Waals surface area contributed by atoms with Gasteiger partial charge in [-0.15, -0.1) is 0 Å². The van der Waals surface area contributed by atoms with E-state index in [1.54, 1.807) is 10.9 Å². The Bertz CT molecular complexity index is 696. The van der Waals surface area contributed by atoms with Gasteiger partial charge in [0.05, 0.1) is 12.4 Å². The van der Waals surface area contributed by atoms with Gasteiger partial charge in [-0.05, 0) is 18.9 Å². The molecule has 0 unspecified atom stereocenters. The van der Waals surface area contributed by atoms with Crippen LogP contribution in [0.25, 0.3) is 11.5 Å². The smallest absolute Gasteiger partial charge is 0.199 e. The highest BCUT2D eigenvalue weighted by Gasteiger charge is 2.10. The fourth-order valence-corrected chi connectivity index (χ4v) is 1.94. The van der Waals surface area contributed by atoms with Gasteiger partial charge in [-0.25, -0.2) is 14.6 Å². The summed E-state index contributed by atoms with van der Waals surface area (Å²) in [5.74, 6) is 1.56. The molecule has 0 aliphatic heterocycles. The summed E-state index contributed by atoms with van der Waals surface area (Å²) >= 11 is 0. The van der Waals surface area contributed by atoms with Gasteiger partial charge in [-0.3, -0.25) is 0 Å². The van der Waals surface area contributed by atoms with Gasteiger partial charge >= 0.3 is 0 Å². The molecule has 3 rings (SSSR count). The summed E-state index contributed by atoms with van der Waals surface area (Å²) in [5.41, 5.74) is 1.89. The van der Waals surface area contributed by atoms with E-state index >= 15 is 0 Å². The molecule has 0 amide bonds. The highest BCUT2D eigenvalue weighted by molar-refractivity contribution is 5.57. The van der Waals surface area contributed by atoms with E-state index in [1.807, 2.05) is 36.1 Å². The molecule has 0 aromatic carbocycles. The van der Waals surface area contributed by atoms with Crippen molar-refractivity contribution in [2.75, 3.05) is 11.9 Å². The Hall–Kier alpha value is -2.37. The molecule has 0 saturated carbocycles. The molecule has 19 heavy (non-hydrogen) atoms. The minimum absolute atomic E-state index is 0.735. The third-order valence-corrected chi connectivity index (χ3v) is 2.84. The average Bonchev–Trinajstić information content (AvgIpc) is 3.03. The lowest BCUT2D eigenvalue weighted by atomic mass is 10.4. The van der Waals surface area contributed by atoms with E-state index < -0.39 is 0 Å². The van der Waals surface area contributed by atoms with Crippen LogP contribution in [0.1, 0.15) is 18.9 Å². The van der Waals surface area contributed by atoms with Gasteiger partial charge in [0.15, 0.2) is 11.5 Å². The van der Waals surface area contributed by atoms with Crippen LogP contribution < -0.4 is 5.32 Å². The van der Waals surface area contributed by atoms with Gasteiger partial charge in [-0.1, -0.05) is 6.92 Å². The Labute approximate surface area is 111 Å². The number of nitrogens with one attached hydrogen (secondary N) is 1.